The number of carbonyl (C=O) groups is 2. The van der Waals surface area contributed by atoms with E-state index < -0.39 is 37.1 Å². The Morgan fingerprint density at radius 2 is 2.11 bits per heavy atom. The molecule has 1 aliphatic rings. The number of amides is 2. The number of hydrogen-bond donors (Lipinski definition) is 2. The molecule has 0 aliphatic carbocycles. The van der Waals surface area contributed by atoms with E-state index in [1.54, 1.807) is 0 Å². The van der Waals surface area contributed by atoms with Crippen LogP contribution in [0.25, 0.3) is 0 Å². The third-order valence-corrected chi connectivity index (χ3v) is 2.38. The molecule has 1 unspecified atom stereocenters. The zero-order chi connectivity index (χ0) is 13.8. The third kappa shape index (κ3) is 4.49. The van der Waals surface area contributed by atoms with Crippen LogP contribution >= 0.6 is 0 Å². The Kier molecular flexibility index (Phi) is 4.91. The van der Waals surface area contributed by atoms with Crippen molar-refractivity contribution in [3.8, 4) is 0 Å². The topological polar surface area (TPSA) is 84.7 Å². The second-order valence-corrected chi connectivity index (χ2v) is 3.80. The van der Waals surface area contributed by atoms with E-state index in [1.165, 1.54) is 0 Å². The first-order chi connectivity index (χ1) is 8.31. The minimum absolute atomic E-state index is 0.0274. The molecular weight excluding hydrogens is 255 g/mol. The quantitative estimate of drug-likeness (QED) is 0.675. The van der Waals surface area contributed by atoms with Gasteiger partial charge in [-0.3, -0.25) is 9.59 Å². The lowest BCUT2D eigenvalue weighted by molar-refractivity contribution is -0.147. The van der Waals surface area contributed by atoms with Gasteiger partial charge in [-0.15, -0.1) is 0 Å². The Hall–Kier alpha value is -1.35. The molecule has 18 heavy (non-hydrogen) atoms. The smallest absolute Gasteiger partial charge is 0.377 e. The number of carbonyl (C=O) groups excluding carboxylic acids is 2. The molecule has 6 nitrogen and oxygen atoms in total. The van der Waals surface area contributed by atoms with Gasteiger partial charge in [0.05, 0.1) is 26.3 Å². The second-order valence-electron chi connectivity index (χ2n) is 3.80. The van der Waals surface area contributed by atoms with Crippen molar-refractivity contribution < 1.29 is 27.5 Å². The summed E-state index contributed by atoms with van der Waals surface area (Å²) in [6.07, 6.45) is -4.38. The molecule has 9 heteroatoms. The van der Waals surface area contributed by atoms with E-state index in [-0.39, 0.29) is 19.8 Å². The fourth-order valence-electron chi connectivity index (χ4n) is 1.55. The van der Waals surface area contributed by atoms with Gasteiger partial charge in [0.15, 0.2) is 0 Å². The molecule has 1 saturated heterocycles. The van der Waals surface area contributed by atoms with E-state index in [2.05, 4.69) is 0 Å². The number of nitrogens with zero attached hydrogens (tertiary/aromatic N) is 1. The molecular formula is C9H14F3N3O3. The molecule has 1 fully saturated rings. The summed E-state index contributed by atoms with van der Waals surface area (Å²) in [7, 11) is 0. The van der Waals surface area contributed by atoms with Gasteiger partial charge in [-0.1, -0.05) is 0 Å². The standard InChI is InChI=1S/C9H14F3N3O3/c10-9(11,12)5-14-3-7(16)15-1-2-18-4-6(15)8(13)17/h6,14H,1-5H2,(H2,13,17). The molecule has 0 bridgehead atoms. The molecule has 1 atom stereocenters. The predicted molar refractivity (Wildman–Crippen MR) is 54.4 cm³/mol. The van der Waals surface area contributed by atoms with Crippen molar-refractivity contribution in [2.75, 3.05) is 32.8 Å². The third-order valence-electron chi connectivity index (χ3n) is 2.38. The fraction of sp³-hybridized carbons (Fsp3) is 0.778. The molecule has 0 saturated carbocycles. The van der Waals surface area contributed by atoms with Gasteiger partial charge in [-0.25, -0.2) is 0 Å². The van der Waals surface area contributed by atoms with Gasteiger partial charge in [-0.05, 0) is 0 Å². The highest BCUT2D eigenvalue weighted by Gasteiger charge is 2.32. The number of nitrogens with one attached hydrogen (secondary N) is 1. The lowest BCUT2D eigenvalue weighted by atomic mass is 10.2. The number of hydrogen-bond acceptors (Lipinski definition) is 4. The molecule has 104 valence electrons. The van der Waals surface area contributed by atoms with Gasteiger partial charge >= 0.3 is 6.18 Å². The summed E-state index contributed by atoms with van der Waals surface area (Å²) in [6.45, 7) is -1.41. The molecule has 1 aliphatic heterocycles. The van der Waals surface area contributed by atoms with Gasteiger partial charge in [0.25, 0.3) is 0 Å². The number of rotatable bonds is 4. The first-order valence-corrected chi connectivity index (χ1v) is 5.25. The lowest BCUT2D eigenvalue weighted by Gasteiger charge is -2.33. The summed E-state index contributed by atoms with van der Waals surface area (Å²) < 4.78 is 40.6. The number of primary amides is 1. The zero-order valence-electron chi connectivity index (χ0n) is 9.50. The number of morpholine rings is 1. The fourth-order valence-corrected chi connectivity index (χ4v) is 1.55. The zero-order valence-corrected chi connectivity index (χ0v) is 9.50. The second kappa shape index (κ2) is 6.01. The van der Waals surface area contributed by atoms with Crippen LogP contribution in [0.4, 0.5) is 13.2 Å². The maximum absolute atomic E-state index is 11.9. The molecule has 1 heterocycles. The van der Waals surface area contributed by atoms with Crippen LogP contribution in [0.2, 0.25) is 0 Å². The van der Waals surface area contributed by atoms with Crippen molar-refractivity contribution in [2.24, 2.45) is 5.73 Å². The van der Waals surface area contributed by atoms with Crippen molar-refractivity contribution in [1.82, 2.24) is 10.2 Å². The van der Waals surface area contributed by atoms with Gasteiger partial charge < -0.3 is 20.7 Å². The summed E-state index contributed by atoms with van der Waals surface area (Å²) in [5.41, 5.74) is 5.08. The summed E-state index contributed by atoms with van der Waals surface area (Å²) in [5, 5.41) is 1.97. The Morgan fingerprint density at radius 1 is 1.44 bits per heavy atom. The SMILES string of the molecule is NC(=O)C1COCCN1C(=O)CNCC(F)(F)F. The average molecular weight is 269 g/mol. The van der Waals surface area contributed by atoms with Crippen LogP contribution < -0.4 is 11.1 Å². The van der Waals surface area contributed by atoms with E-state index in [4.69, 9.17) is 10.5 Å². The number of alkyl halides is 3. The normalized spacial score (nSPS) is 20.8. The van der Waals surface area contributed by atoms with Crippen LogP contribution in [-0.4, -0.2) is 61.8 Å². The van der Waals surface area contributed by atoms with Crippen molar-refractivity contribution >= 4 is 11.8 Å². The van der Waals surface area contributed by atoms with Gasteiger partial charge in [-0.2, -0.15) is 13.2 Å². The monoisotopic (exact) mass is 269 g/mol. The highest BCUT2D eigenvalue weighted by molar-refractivity contribution is 5.87. The van der Waals surface area contributed by atoms with Crippen LogP contribution in [0.15, 0.2) is 0 Å². The highest BCUT2D eigenvalue weighted by Crippen LogP contribution is 2.12. The van der Waals surface area contributed by atoms with Crippen molar-refractivity contribution in [2.45, 2.75) is 12.2 Å². The van der Waals surface area contributed by atoms with E-state index in [0.29, 0.717) is 0 Å². The van der Waals surface area contributed by atoms with Gasteiger partial charge in [0.1, 0.15) is 6.04 Å². The molecule has 0 spiro atoms. The minimum atomic E-state index is -4.38. The summed E-state index contributed by atoms with van der Waals surface area (Å²) in [4.78, 5) is 23.8. The minimum Gasteiger partial charge on any atom is -0.377 e. The maximum atomic E-state index is 11.9. The Balaban J connectivity index is 2.46. The number of ether oxygens (including phenoxy) is 1. The summed E-state index contributed by atoms with van der Waals surface area (Å²) >= 11 is 0. The van der Waals surface area contributed by atoms with E-state index >= 15 is 0 Å². The van der Waals surface area contributed by atoms with Crippen LogP contribution in [0.3, 0.4) is 0 Å². The van der Waals surface area contributed by atoms with Gasteiger partial charge in [0.2, 0.25) is 11.8 Å². The molecule has 0 aromatic rings. The van der Waals surface area contributed by atoms with E-state index in [0.717, 1.165) is 4.90 Å². The number of nitrogens with two attached hydrogens (primary N) is 1. The largest absolute Gasteiger partial charge is 0.401 e. The molecule has 0 aromatic heterocycles. The van der Waals surface area contributed by atoms with Crippen molar-refractivity contribution in [3.63, 3.8) is 0 Å². The highest BCUT2D eigenvalue weighted by atomic mass is 19.4. The Labute approximate surface area is 101 Å². The molecule has 3 N–H and O–H groups in total. The first-order valence-electron chi connectivity index (χ1n) is 5.25. The maximum Gasteiger partial charge on any atom is 0.401 e. The van der Waals surface area contributed by atoms with Crippen LogP contribution in [0.5, 0.6) is 0 Å². The van der Waals surface area contributed by atoms with E-state index in [9.17, 15) is 22.8 Å². The van der Waals surface area contributed by atoms with E-state index in [1.807, 2.05) is 5.32 Å². The Bertz CT molecular complexity index is 322. The van der Waals surface area contributed by atoms with Crippen LogP contribution in [-0.2, 0) is 14.3 Å². The average Bonchev–Trinajstić information content (AvgIpc) is 2.27. The lowest BCUT2D eigenvalue weighted by Crippen LogP contribution is -2.56. The molecule has 1 rings (SSSR count). The predicted octanol–water partition coefficient (Wildman–Crippen LogP) is -1.15. The van der Waals surface area contributed by atoms with Gasteiger partial charge in [0, 0.05) is 6.54 Å². The Morgan fingerprint density at radius 3 is 2.67 bits per heavy atom. The summed E-state index contributed by atoms with van der Waals surface area (Å²) in [6, 6.07) is -0.918. The van der Waals surface area contributed by atoms with Crippen molar-refractivity contribution in [1.29, 1.82) is 0 Å². The molecule has 2 amide bonds. The van der Waals surface area contributed by atoms with Crippen molar-refractivity contribution in [3.05, 3.63) is 0 Å². The number of halogens is 3. The first kappa shape index (κ1) is 14.7. The summed E-state index contributed by atoms with van der Waals surface area (Å²) in [5.74, 6) is -1.34. The van der Waals surface area contributed by atoms with Crippen LogP contribution in [0, 0.1) is 0 Å². The molecule has 0 aromatic carbocycles. The van der Waals surface area contributed by atoms with Crippen LogP contribution in [0.1, 0.15) is 0 Å². The molecule has 0 radical (unpaired) electrons.